The van der Waals surface area contributed by atoms with Crippen molar-refractivity contribution in [3.8, 4) is 18.2 Å². The van der Waals surface area contributed by atoms with E-state index in [4.69, 9.17) is 5.41 Å². The second-order valence-corrected chi connectivity index (χ2v) is 7.39. The summed E-state index contributed by atoms with van der Waals surface area (Å²) in [6, 6.07) is 6.60. The Kier molecular flexibility index (Phi) is 3.96. The number of piperidine rings is 1. The Labute approximate surface area is 143 Å². The molecule has 24 heavy (non-hydrogen) atoms. The number of rotatable bonds is 0. The summed E-state index contributed by atoms with van der Waals surface area (Å²) in [5, 5.41) is 38.2. The first-order valence-corrected chi connectivity index (χ1v) is 8.34. The van der Waals surface area contributed by atoms with Crippen LogP contribution in [-0.4, -0.2) is 55.8 Å². The van der Waals surface area contributed by atoms with Crippen LogP contribution in [0.1, 0.15) is 12.8 Å². The smallest absolute Gasteiger partial charge is 0.188 e. The Morgan fingerprint density at radius 3 is 2.29 bits per heavy atom. The van der Waals surface area contributed by atoms with E-state index in [1.54, 1.807) is 0 Å². The Bertz CT molecular complexity index is 693. The normalized spacial score (nSPS) is 32.1. The van der Waals surface area contributed by atoms with Gasteiger partial charge in [0, 0.05) is 24.4 Å². The molecule has 2 atom stereocenters. The fraction of sp³-hybridized carbons (Fsp3) is 0.667. The van der Waals surface area contributed by atoms with Gasteiger partial charge in [-0.05, 0) is 45.6 Å². The minimum atomic E-state index is -1.51. The van der Waals surface area contributed by atoms with Crippen molar-refractivity contribution in [2.75, 3.05) is 40.3 Å². The van der Waals surface area contributed by atoms with Gasteiger partial charge in [-0.1, -0.05) is 6.08 Å². The van der Waals surface area contributed by atoms with Crippen LogP contribution in [0.5, 0.6) is 0 Å². The lowest BCUT2D eigenvalue weighted by Gasteiger charge is -2.58. The molecule has 2 fully saturated rings. The topological polar surface area (TPSA) is 102 Å². The summed E-state index contributed by atoms with van der Waals surface area (Å²) in [6.45, 7) is 3.11. The van der Waals surface area contributed by atoms with Crippen LogP contribution >= 0.6 is 0 Å². The predicted octanol–water partition coefficient (Wildman–Crippen LogP) is 1.39. The van der Waals surface area contributed by atoms with Gasteiger partial charge in [-0.2, -0.15) is 15.8 Å². The zero-order valence-corrected chi connectivity index (χ0v) is 14.2. The van der Waals surface area contributed by atoms with Gasteiger partial charge in [-0.3, -0.25) is 0 Å². The van der Waals surface area contributed by atoms with E-state index in [9.17, 15) is 15.8 Å². The van der Waals surface area contributed by atoms with Crippen LogP contribution in [0.25, 0.3) is 0 Å². The van der Waals surface area contributed by atoms with Crippen molar-refractivity contribution in [3.63, 3.8) is 0 Å². The summed E-state index contributed by atoms with van der Waals surface area (Å²) < 4.78 is 0. The minimum Gasteiger partial charge on any atom is -0.306 e. The number of hydrogen-bond donors (Lipinski definition) is 1. The average molecular weight is 322 g/mol. The molecule has 3 rings (SSSR count). The van der Waals surface area contributed by atoms with Crippen LogP contribution in [-0.2, 0) is 0 Å². The van der Waals surface area contributed by atoms with Crippen LogP contribution in [0.2, 0.25) is 0 Å². The van der Waals surface area contributed by atoms with Gasteiger partial charge in [0.25, 0.3) is 0 Å². The molecule has 0 radical (unpaired) electrons. The molecular weight excluding hydrogens is 300 g/mol. The molecular formula is C18H22N6. The quantitative estimate of drug-likeness (QED) is 0.679. The van der Waals surface area contributed by atoms with E-state index in [1.165, 1.54) is 0 Å². The molecule has 6 nitrogen and oxygen atoms in total. The summed E-state index contributed by atoms with van der Waals surface area (Å²) in [4.78, 5) is 4.39. The fourth-order valence-electron chi connectivity index (χ4n) is 4.87. The maximum Gasteiger partial charge on any atom is 0.188 e. The molecule has 3 aliphatic rings. The minimum absolute atomic E-state index is 0.00777. The van der Waals surface area contributed by atoms with Gasteiger partial charge >= 0.3 is 0 Å². The SMILES string of the molecule is CN1CCC2(CC1)[C@@H]1CN(C)CC=C1[C@@H](C#N)C(=N)C2(C#N)C#N. The fourth-order valence-corrected chi connectivity index (χ4v) is 4.87. The van der Waals surface area contributed by atoms with Gasteiger partial charge in [-0.15, -0.1) is 0 Å². The zero-order chi connectivity index (χ0) is 17.5. The standard InChI is InChI=1S/C18H22N6/c1-23-7-4-17(5-8-23)15-10-24(2)6-3-13(15)14(9-19)16(22)18(17,11-20)12-21/h3,14-15,22H,4-8,10H2,1-2H3/t14-,15-/m1/s1. The third-order valence-electron chi connectivity index (χ3n) is 6.32. The van der Waals surface area contributed by atoms with Crippen molar-refractivity contribution in [3.05, 3.63) is 11.6 Å². The van der Waals surface area contributed by atoms with Gasteiger partial charge in [0.05, 0.1) is 23.9 Å². The van der Waals surface area contributed by atoms with Crippen LogP contribution in [0.4, 0.5) is 0 Å². The van der Waals surface area contributed by atoms with Crippen LogP contribution in [0.15, 0.2) is 11.6 Å². The second-order valence-electron chi connectivity index (χ2n) is 7.39. The highest BCUT2D eigenvalue weighted by Gasteiger charge is 2.66. The lowest BCUT2D eigenvalue weighted by molar-refractivity contribution is 0.00405. The van der Waals surface area contributed by atoms with Gasteiger partial charge in [0.2, 0.25) is 0 Å². The summed E-state index contributed by atoms with van der Waals surface area (Å²) >= 11 is 0. The van der Waals surface area contributed by atoms with E-state index in [2.05, 4.69) is 34.1 Å². The first kappa shape index (κ1) is 16.7. The van der Waals surface area contributed by atoms with E-state index in [0.29, 0.717) is 12.8 Å². The molecule has 2 heterocycles. The number of nitrogens with one attached hydrogen (secondary N) is 1. The van der Waals surface area contributed by atoms with Gasteiger partial charge in [-0.25, -0.2) is 0 Å². The number of nitriles is 3. The van der Waals surface area contributed by atoms with Crippen LogP contribution < -0.4 is 0 Å². The first-order chi connectivity index (χ1) is 11.5. The Balaban J connectivity index is 2.23. The number of hydrogen-bond acceptors (Lipinski definition) is 6. The Morgan fingerprint density at radius 1 is 1.12 bits per heavy atom. The molecule has 0 aromatic rings. The molecule has 1 spiro atoms. The highest BCUT2D eigenvalue weighted by atomic mass is 15.1. The third-order valence-corrected chi connectivity index (χ3v) is 6.32. The van der Waals surface area contributed by atoms with Crippen molar-refractivity contribution in [1.29, 1.82) is 21.2 Å². The largest absolute Gasteiger partial charge is 0.306 e. The van der Waals surface area contributed by atoms with Crippen molar-refractivity contribution in [1.82, 2.24) is 9.80 Å². The molecule has 0 amide bonds. The molecule has 1 N–H and O–H groups in total. The first-order valence-electron chi connectivity index (χ1n) is 8.34. The lowest BCUT2D eigenvalue weighted by atomic mass is 9.45. The van der Waals surface area contributed by atoms with Gasteiger partial charge in [0.15, 0.2) is 5.41 Å². The van der Waals surface area contributed by atoms with E-state index < -0.39 is 16.7 Å². The molecule has 0 aromatic heterocycles. The number of fused-ring (bicyclic) bond motifs is 2. The van der Waals surface area contributed by atoms with E-state index in [1.807, 2.05) is 14.1 Å². The molecule has 1 aliphatic carbocycles. The summed E-state index contributed by atoms with van der Waals surface area (Å²) in [5.41, 5.74) is -1.12. The molecule has 0 aromatic carbocycles. The third kappa shape index (κ3) is 1.96. The van der Waals surface area contributed by atoms with Gasteiger partial charge in [0.1, 0.15) is 5.92 Å². The lowest BCUT2D eigenvalue weighted by Crippen LogP contribution is -2.63. The number of likely N-dealkylation sites (N-methyl/N-ethyl adjacent to an activating group) is 1. The second kappa shape index (κ2) is 5.71. The highest BCUT2D eigenvalue weighted by Crippen LogP contribution is 2.60. The summed E-state index contributed by atoms with van der Waals surface area (Å²) in [7, 11) is 4.07. The summed E-state index contributed by atoms with van der Waals surface area (Å²) in [5.74, 6) is -0.753. The van der Waals surface area contributed by atoms with E-state index in [-0.39, 0.29) is 11.6 Å². The molecule has 0 unspecified atom stereocenters. The molecule has 6 heteroatoms. The summed E-state index contributed by atoms with van der Waals surface area (Å²) in [6.07, 6.45) is 3.47. The predicted molar refractivity (Wildman–Crippen MR) is 88.7 cm³/mol. The molecule has 0 bridgehead atoms. The Morgan fingerprint density at radius 2 is 1.75 bits per heavy atom. The van der Waals surface area contributed by atoms with E-state index >= 15 is 0 Å². The van der Waals surface area contributed by atoms with Crippen LogP contribution in [0, 0.1) is 62.1 Å². The average Bonchev–Trinajstić information content (AvgIpc) is 2.59. The maximum atomic E-state index is 10.00. The maximum absolute atomic E-state index is 10.00. The number of likely N-dealkylation sites (tertiary alicyclic amines) is 1. The molecule has 1 saturated carbocycles. The highest BCUT2D eigenvalue weighted by molar-refractivity contribution is 6.00. The van der Waals surface area contributed by atoms with E-state index in [0.717, 1.165) is 31.8 Å². The van der Waals surface area contributed by atoms with Crippen molar-refractivity contribution >= 4 is 5.71 Å². The Hall–Kier alpha value is -2.20. The number of nitrogens with zero attached hydrogens (tertiary/aromatic N) is 5. The molecule has 2 aliphatic heterocycles. The van der Waals surface area contributed by atoms with Crippen molar-refractivity contribution < 1.29 is 0 Å². The zero-order valence-electron chi connectivity index (χ0n) is 14.2. The van der Waals surface area contributed by atoms with Crippen LogP contribution in [0.3, 0.4) is 0 Å². The molecule has 124 valence electrons. The van der Waals surface area contributed by atoms with Gasteiger partial charge < -0.3 is 15.2 Å². The monoisotopic (exact) mass is 322 g/mol. The molecule has 1 saturated heterocycles. The van der Waals surface area contributed by atoms with Crippen molar-refractivity contribution in [2.45, 2.75) is 12.8 Å². The van der Waals surface area contributed by atoms with Crippen molar-refractivity contribution in [2.24, 2.45) is 22.7 Å².